The zero-order valence-electron chi connectivity index (χ0n) is 118. The highest BCUT2D eigenvalue weighted by Crippen LogP contribution is 2.30. The lowest BCUT2D eigenvalue weighted by molar-refractivity contribution is 0.275. The lowest BCUT2D eigenvalue weighted by Gasteiger charge is -2.09. The molecular formula is C15H121BN2O4. The lowest BCUT2D eigenvalue weighted by atomic mass is 9.80. The summed E-state index contributed by atoms with van der Waals surface area (Å²) in [4.78, 5) is 7.55. The van der Waals surface area contributed by atoms with Gasteiger partial charge in [0.1, 0.15) is 5.75 Å². The van der Waals surface area contributed by atoms with E-state index in [9.17, 15) is 5.02 Å². The summed E-state index contributed by atoms with van der Waals surface area (Å²) in [5.41, 5.74) is 1.98. The number of benzene rings is 1. The molecule has 22 heavy (non-hydrogen) atoms. The molecule has 1 N–H and O–H groups in total. The maximum Gasteiger partial charge on any atom is 0.491 e. The Labute approximate surface area is 293 Å². The zero-order chi connectivity index (χ0) is 122. The van der Waals surface area contributed by atoms with E-state index in [0.29, 0.717) is 30.5 Å². The molecule has 7 heteroatoms. The fourth-order valence-corrected chi connectivity index (χ4v) is 2.19. The molecular weight excluding hydrogens is 283 g/mol. The number of hydrogen-bond donors (Lipinski definition) is 1. The number of hydrogen-bond acceptors (Lipinski definition) is 5. The third-order valence-corrected chi connectivity index (χ3v) is 3.22. The quantitative estimate of drug-likeness (QED) is 0.326. The predicted molar refractivity (Wildman–Crippen MR) is 195 cm³/mol. The number of ether oxygens (including phenoxy) is 2. The van der Waals surface area contributed by atoms with Crippen LogP contribution in [-0.4, -0.2) is 23.7 Å². The van der Waals surface area contributed by atoms with Gasteiger partial charge in [0, 0.05) is 159 Å². The molecule has 0 aliphatic carbocycles. The van der Waals surface area contributed by atoms with Crippen LogP contribution in [0.4, 0.5) is 5.69 Å². The molecule has 6 nitrogen and oxygen atoms in total. The van der Waals surface area contributed by atoms with Gasteiger partial charge in [0.05, 0.1) is 19.8 Å². The first-order valence-corrected chi connectivity index (χ1v) is 6.83. The fourth-order valence-electron chi connectivity index (χ4n) is 2.19. The molecule has 0 atom stereocenters. The molecule has 218 valence electrons. The molecule has 1 aliphatic rings. The average Bonchev–Trinajstić information content (AvgIpc) is 1.72. The smallest absolute Gasteiger partial charge is 0.487 e. The van der Waals surface area contributed by atoms with E-state index >= 15 is 0 Å². The van der Waals surface area contributed by atoms with Gasteiger partial charge in [0.15, 0.2) is 0 Å². The summed E-state index contributed by atoms with van der Waals surface area (Å²) in [5.74, 6) is 1.19. The standard InChI is InChI=1S/C15H13BN2O4.54H2/c1-3-20-15-13(17-2)6-7-14(18-15)22-11-4-5-12-10(8-11)9-21-16(12)19;;;;;;;;;;;;;;;;;;;;;;;;;;;;;;;;;;;;;;;;;;;;;;;;;;;;;;/h4-8,19H,3,9H2,1H3;54*1H/i;53*1+1D;1+1. The van der Waals surface area contributed by atoms with Gasteiger partial charge in [-0.2, -0.15) is 4.98 Å². The average molecular weight is 513 g/mol. The maximum absolute atomic E-state index is 9.60. The summed E-state index contributed by atoms with van der Waals surface area (Å²) in [6, 6.07) is 8.53. The Morgan fingerprint density at radius 1 is 1.50 bits per heavy atom. The first kappa shape index (κ1) is 1.19. The molecule has 0 unspecified atom stereocenters. The first-order chi connectivity index (χ1) is 63.7. The Kier molecular flexibility index (Phi) is 0.329. The van der Waals surface area contributed by atoms with Crippen molar-refractivity contribution in [3.8, 4) is 17.5 Å². The minimum Gasteiger partial charge on any atom is -0.487 e. The largest absolute Gasteiger partial charge is 0.491 e. The fraction of sp³-hybridized carbons (Fsp3) is 0.200. The van der Waals surface area contributed by atoms with Gasteiger partial charge in [0.25, 0.3) is 0 Å². The monoisotopic (exact) mass is 513 g/mol. The van der Waals surface area contributed by atoms with E-state index in [1.54, 1.807) is 30.3 Å². The van der Waals surface area contributed by atoms with Gasteiger partial charge in [-0.05, 0) is 42.2 Å². The summed E-state index contributed by atoms with van der Waals surface area (Å²) in [7, 11) is -0.871. The van der Waals surface area contributed by atoms with Gasteiger partial charge in [-0.1, -0.05) is 6.07 Å². The molecule has 0 amide bonds. The van der Waals surface area contributed by atoms with Crippen LogP contribution < -0.4 is 14.9 Å². The van der Waals surface area contributed by atoms with Crippen molar-refractivity contribution in [2.45, 2.75) is 13.5 Å². The third kappa shape index (κ3) is 2.75. The summed E-state index contributed by atoms with van der Waals surface area (Å²) < 4.78 is 546. The van der Waals surface area contributed by atoms with Crippen molar-refractivity contribution in [3.63, 3.8) is 0 Å². The van der Waals surface area contributed by atoms with Crippen LogP contribution in [-0.2, 0) is 11.3 Å². The van der Waals surface area contributed by atoms with Gasteiger partial charge in [0.2, 0.25) is 17.4 Å². The van der Waals surface area contributed by atoms with Crippen LogP contribution in [0, 0.1) is 6.57 Å². The van der Waals surface area contributed by atoms with Crippen LogP contribution >= 0.6 is 0 Å². The van der Waals surface area contributed by atoms with E-state index in [0.717, 1.165) is 11.0 Å². The lowest BCUT2D eigenvalue weighted by Crippen LogP contribution is -2.27. The van der Waals surface area contributed by atoms with Crippen LogP contribution in [0.15, 0.2) is 30.3 Å². The number of nitrogens with zero attached hydrogens (tertiary/aromatic N) is 2. The Morgan fingerprint density at radius 3 is 3.14 bits per heavy atom. The molecule has 1 aliphatic heterocycles. The number of aromatic nitrogens is 1. The van der Waals surface area contributed by atoms with Gasteiger partial charge in [-0.3, -0.25) is 0 Å². The van der Waals surface area contributed by atoms with Crippen molar-refractivity contribution < 1.29 is 178 Å². The normalized spacial score (nSPS) is 32.0. The maximum atomic E-state index is 9.60. The Bertz CT molecular complexity index is 830. The SMILES string of the molecule is [2HH].[2H][2H].[2H][2H].[2H][2H].[2H][2H].[2H][2H].[2H][2H].[2H][2H].[2H][2H].[2H][2H].[2H][2H].[2H][2H].[2H][2H].[2H][2H].[2H][2H].[2H][2H].[2H][2H].[2H][2H].[2H][2H].[2H][2H].[2H][2H].[2H][2H].[2H][2H].[2H][2H].[2H][2H].[2H][2H].[2H][2H].[2H][2H].[2H][2H].[2H][2H].[2H][2H].[2H][2H].[2H][2H].[2H][2H].[2H][2H].[2H][2H].[2H][2H].[2H][2H].[2H][2H].[2H][2H].[2H][2H].[2H][2H].[2H][2H].[2H][2H].[2H][2H].[2H][2H].[2H][2H].[2H][2H].[2H][2H].[2H][2H].[2H][2H].[2H][2H].[2H][2H].[2H][2H].[C-]#[N+]c1ccc(Oc2ccc3c(c2)COB3O)nc1OCC. The van der Waals surface area contributed by atoms with Crippen molar-refractivity contribution in [3.05, 3.63) is 47.3 Å². The minimum atomic E-state index is -0.871. The molecule has 0 bridgehead atoms. The molecule has 2 aromatic rings. The topological polar surface area (TPSA) is 65.2 Å². The zero-order valence-corrected chi connectivity index (χ0v) is 11.9. The van der Waals surface area contributed by atoms with E-state index in [1.165, 1.54) is 0 Å². The molecule has 1 aromatic heterocycles. The highest BCUT2D eigenvalue weighted by Gasteiger charge is 2.27. The van der Waals surface area contributed by atoms with E-state index in [2.05, 4.69) is 9.83 Å². The van der Waals surface area contributed by atoms with Crippen LogP contribution in [0.2, 0.25) is 0 Å². The second kappa shape index (κ2) is 6.06. The van der Waals surface area contributed by atoms with Gasteiger partial charge < -0.3 is 19.2 Å². The van der Waals surface area contributed by atoms with Gasteiger partial charge in [-0.15, -0.1) is 0 Å². The van der Waals surface area contributed by atoms with Crippen molar-refractivity contribution in [1.82, 2.24) is 4.98 Å². The third-order valence-electron chi connectivity index (χ3n) is 3.22. The van der Waals surface area contributed by atoms with E-state index in [4.69, 9.17) is 178 Å². The minimum absolute atomic E-state index is 0. The van der Waals surface area contributed by atoms with E-state index in [-0.39, 0.29) is 7.31 Å². The van der Waals surface area contributed by atoms with E-state index < -0.39 is 7.12 Å². The van der Waals surface area contributed by atoms with Crippen LogP contribution in [0.5, 0.6) is 17.5 Å². The predicted octanol–water partition coefficient (Wildman–Crippen LogP) is 15.3. The summed E-state index contributed by atoms with van der Waals surface area (Å²) in [6.45, 7) is 9.68. The Hall–Kier alpha value is -2.56. The summed E-state index contributed by atoms with van der Waals surface area (Å²) >= 11 is 0. The Balaban J connectivity index is -0.00000000988. The van der Waals surface area contributed by atoms with Crippen molar-refractivity contribution in [2.24, 2.45) is 0 Å². The van der Waals surface area contributed by atoms with Crippen LogP contribution in [0.25, 0.3) is 4.85 Å². The molecule has 2 heterocycles. The highest BCUT2D eigenvalue weighted by molar-refractivity contribution is 6.61. The number of pyridine rings is 1. The van der Waals surface area contributed by atoms with Crippen LogP contribution in [0.1, 0.15) is 171 Å². The molecule has 3 rings (SSSR count). The number of rotatable bonds is 4. The van der Waals surface area contributed by atoms with Gasteiger partial charge >= 0.3 is 7.12 Å². The molecule has 1 aromatic carbocycles. The van der Waals surface area contributed by atoms with E-state index in [1.807, 2.05) is 6.92 Å². The second-order valence-electron chi connectivity index (χ2n) is 4.64. The first-order valence-electron chi connectivity index (χ1n) is 59.8. The summed E-state index contributed by atoms with van der Waals surface area (Å²) in [6.07, 6.45) is 0. The highest BCUT2D eigenvalue weighted by atomic mass is 16.5. The van der Waals surface area contributed by atoms with Gasteiger partial charge in [-0.25, -0.2) is 4.85 Å². The molecule has 0 spiro atoms. The van der Waals surface area contributed by atoms with Crippen molar-refractivity contribution in [1.29, 1.82) is 0 Å². The van der Waals surface area contributed by atoms with Crippen LogP contribution in [0.3, 0.4) is 0 Å². The van der Waals surface area contributed by atoms with Crippen molar-refractivity contribution in [2.75, 3.05) is 6.61 Å². The molecule has 0 saturated heterocycles. The molecule has 0 fully saturated rings. The van der Waals surface area contributed by atoms with Crippen molar-refractivity contribution >= 4 is 18.3 Å². The summed E-state index contributed by atoms with van der Waals surface area (Å²) in [5, 5.41) is 9.60. The molecule has 0 radical (unpaired) electrons. The second-order valence-corrected chi connectivity index (χ2v) is 4.64. The Morgan fingerprint density at radius 2 is 2.36 bits per heavy atom. The molecule has 0 saturated carbocycles. The number of fused-ring (bicyclic) bond motifs is 1.